The second kappa shape index (κ2) is 9.12. The molecule has 2 N–H and O–H groups in total. The smallest absolute Gasteiger partial charge is 0.224 e. The topological polar surface area (TPSA) is 85.9 Å². The molecule has 7 heteroatoms. The van der Waals surface area contributed by atoms with Crippen molar-refractivity contribution in [2.45, 2.75) is 6.42 Å². The lowest BCUT2D eigenvalue weighted by Crippen LogP contribution is -2.33. The number of hydrogen-bond acceptors (Lipinski definition) is 5. The lowest BCUT2D eigenvalue weighted by atomic mass is 10.3. The van der Waals surface area contributed by atoms with Crippen LogP contribution in [0.5, 0.6) is 11.5 Å². The molecule has 0 radical (unpaired) electrons. The summed E-state index contributed by atoms with van der Waals surface area (Å²) >= 11 is 0. The van der Waals surface area contributed by atoms with E-state index in [9.17, 15) is 9.59 Å². The highest BCUT2D eigenvalue weighted by molar-refractivity contribution is 5.92. The van der Waals surface area contributed by atoms with Gasteiger partial charge in [-0.1, -0.05) is 0 Å². The molecule has 2 amide bonds. The monoisotopic (exact) mass is 336 g/mol. The molecular weight excluding hydrogens is 312 g/mol. The minimum atomic E-state index is -0.228. The quantitative estimate of drug-likeness (QED) is 0.611. The van der Waals surface area contributed by atoms with E-state index in [-0.39, 0.29) is 23.7 Å². The summed E-state index contributed by atoms with van der Waals surface area (Å²) in [6.45, 7) is 1.71. The number of benzene rings is 1. The van der Waals surface area contributed by atoms with Crippen molar-refractivity contribution in [3.63, 3.8) is 0 Å². The molecule has 0 bridgehead atoms. The molecule has 1 aliphatic carbocycles. The third-order valence-electron chi connectivity index (χ3n) is 3.80. The van der Waals surface area contributed by atoms with Gasteiger partial charge in [0.05, 0.1) is 32.1 Å². The van der Waals surface area contributed by atoms with Crippen LogP contribution in [0.25, 0.3) is 0 Å². The van der Waals surface area contributed by atoms with Crippen molar-refractivity contribution in [3.8, 4) is 11.5 Å². The van der Waals surface area contributed by atoms with Crippen molar-refractivity contribution >= 4 is 11.8 Å². The Morgan fingerprint density at radius 2 is 1.50 bits per heavy atom. The fraction of sp³-hybridized carbons (Fsp3) is 0.529. The van der Waals surface area contributed by atoms with Gasteiger partial charge in [-0.15, -0.1) is 0 Å². The molecule has 0 heterocycles. The van der Waals surface area contributed by atoms with Crippen LogP contribution in [0.15, 0.2) is 24.3 Å². The van der Waals surface area contributed by atoms with Gasteiger partial charge in [0.15, 0.2) is 0 Å². The van der Waals surface area contributed by atoms with Gasteiger partial charge in [0.2, 0.25) is 11.8 Å². The fourth-order valence-electron chi connectivity index (χ4n) is 2.33. The van der Waals surface area contributed by atoms with Crippen molar-refractivity contribution in [3.05, 3.63) is 24.3 Å². The van der Waals surface area contributed by atoms with Gasteiger partial charge >= 0.3 is 0 Å². The summed E-state index contributed by atoms with van der Waals surface area (Å²) < 4.78 is 15.5. The molecule has 2 rings (SSSR count). The van der Waals surface area contributed by atoms with Crippen LogP contribution in [0.4, 0.5) is 0 Å². The number of nitrogens with one attached hydrogen (secondary N) is 2. The van der Waals surface area contributed by atoms with E-state index in [0.717, 1.165) is 5.75 Å². The Kier molecular flexibility index (Phi) is 6.87. The largest absolute Gasteiger partial charge is 0.497 e. The summed E-state index contributed by atoms with van der Waals surface area (Å²) in [6, 6.07) is 7.24. The molecule has 1 saturated carbocycles. The summed E-state index contributed by atoms with van der Waals surface area (Å²) in [5.74, 6) is 0.853. The van der Waals surface area contributed by atoms with E-state index in [2.05, 4.69) is 10.6 Å². The van der Waals surface area contributed by atoms with Crippen molar-refractivity contribution in [2.24, 2.45) is 11.8 Å². The van der Waals surface area contributed by atoms with Crippen LogP contribution >= 0.6 is 0 Å². The third kappa shape index (κ3) is 5.42. The lowest BCUT2D eigenvalue weighted by Gasteiger charge is -2.08. The second-order valence-corrected chi connectivity index (χ2v) is 5.55. The Bertz CT molecular complexity index is 546. The molecule has 1 aromatic rings. The highest BCUT2D eigenvalue weighted by Gasteiger charge is 2.47. The minimum Gasteiger partial charge on any atom is -0.497 e. The molecule has 2 unspecified atom stereocenters. The van der Waals surface area contributed by atoms with E-state index in [1.165, 1.54) is 0 Å². The van der Waals surface area contributed by atoms with Crippen LogP contribution in [0.3, 0.4) is 0 Å². The number of rotatable bonds is 10. The first-order chi connectivity index (χ1) is 11.7. The first-order valence-electron chi connectivity index (χ1n) is 7.97. The lowest BCUT2D eigenvalue weighted by molar-refractivity contribution is -0.127. The Labute approximate surface area is 141 Å². The summed E-state index contributed by atoms with van der Waals surface area (Å²) in [6.07, 6.45) is 0.601. The van der Waals surface area contributed by atoms with E-state index in [1.54, 1.807) is 14.2 Å². The minimum absolute atomic E-state index is 0.0818. The summed E-state index contributed by atoms with van der Waals surface area (Å²) in [4.78, 5) is 23.7. The molecule has 1 aliphatic rings. The summed E-state index contributed by atoms with van der Waals surface area (Å²) in [5, 5.41) is 5.55. The predicted molar refractivity (Wildman–Crippen MR) is 88.0 cm³/mol. The first-order valence-corrected chi connectivity index (χ1v) is 7.97. The molecule has 0 aromatic heterocycles. The van der Waals surface area contributed by atoms with Gasteiger partial charge in [0, 0.05) is 13.7 Å². The summed E-state index contributed by atoms with van der Waals surface area (Å²) in [7, 11) is 3.18. The third-order valence-corrected chi connectivity index (χ3v) is 3.80. The second-order valence-electron chi connectivity index (χ2n) is 5.55. The van der Waals surface area contributed by atoms with Gasteiger partial charge in [0.1, 0.15) is 18.1 Å². The number of amides is 2. The van der Waals surface area contributed by atoms with Crippen LogP contribution in [-0.2, 0) is 14.3 Å². The number of hydrogen-bond donors (Lipinski definition) is 2. The van der Waals surface area contributed by atoms with Crippen molar-refractivity contribution < 1.29 is 23.8 Å². The van der Waals surface area contributed by atoms with Gasteiger partial charge in [-0.2, -0.15) is 0 Å². The van der Waals surface area contributed by atoms with Crippen LogP contribution in [0.2, 0.25) is 0 Å². The van der Waals surface area contributed by atoms with E-state index in [4.69, 9.17) is 14.2 Å². The van der Waals surface area contributed by atoms with E-state index < -0.39 is 0 Å². The predicted octanol–water partition coefficient (Wildman–Crippen LogP) is 0.589. The molecule has 0 spiro atoms. The number of methoxy groups -OCH3 is 2. The van der Waals surface area contributed by atoms with Gasteiger partial charge in [0.25, 0.3) is 0 Å². The Balaban J connectivity index is 1.59. The number of carbonyl (C=O) groups is 2. The van der Waals surface area contributed by atoms with Crippen LogP contribution in [0, 0.1) is 11.8 Å². The first kappa shape index (κ1) is 18.1. The maximum Gasteiger partial charge on any atom is 0.224 e. The average molecular weight is 336 g/mol. The standard InChI is InChI=1S/C17H24N2O5/c1-22-9-7-18-16(20)14-11-15(14)17(21)19-8-10-24-13-5-3-12(23-2)4-6-13/h3-6,14-15H,7-11H2,1-2H3,(H,18,20)(H,19,21). The zero-order chi connectivity index (χ0) is 17.4. The van der Waals surface area contributed by atoms with Gasteiger partial charge in [-0.05, 0) is 30.7 Å². The van der Waals surface area contributed by atoms with Crippen LogP contribution in [0.1, 0.15) is 6.42 Å². The maximum absolute atomic E-state index is 12.0. The normalized spacial score (nSPS) is 18.6. The molecular formula is C17H24N2O5. The van der Waals surface area contributed by atoms with Gasteiger partial charge < -0.3 is 24.8 Å². The molecule has 1 fully saturated rings. The molecule has 2 atom stereocenters. The molecule has 1 aromatic carbocycles. The average Bonchev–Trinajstić information content (AvgIpc) is 3.40. The molecule has 24 heavy (non-hydrogen) atoms. The Hall–Kier alpha value is -2.28. The highest BCUT2D eigenvalue weighted by atomic mass is 16.5. The zero-order valence-electron chi connectivity index (χ0n) is 14.0. The van der Waals surface area contributed by atoms with Crippen molar-refractivity contribution in [1.82, 2.24) is 10.6 Å². The Morgan fingerprint density at radius 1 is 0.958 bits per heavy atom. The number of carbonyl (C=O) groups excluding carboxylic acids is 2. The van der Waals surface area contributed by atoms with Crippen molar-refractivity contribution in [2.75, 3.05) is 40.5 Å². The highest BCUT2D eigenvalue weighted by Crippen LogP contribution is 2.38. The van der Waals surface area contributed by atoms with Gasteiger partial charge in [-0.3, -0.25) is 9.59 Å². The van der Waals surface area contributed by atoms with Crippen LogP contribution in [-0.4, -0.2) is 52.3 Å². The molecule has 7 nitrogen and oxygen atoms in total. The van der Waals surface area contributed by atoms with Crippen LogP contribution < -0.4 is 20.1 Å². The molecule has 0 saturated heterocycles. The SMILES string of the molecule is COCCNC(=O)C1CC1C(=O)NCCOc1ccc(OC)cc1. The fourth-order valence-corrected chi connectivity index (χ4v) is 2.33. The Morgan fingerprint density at radius 3 is 2.04 bits per heavy atom. The van der Waals surface area contributed by atoms with Crippen molar-refractivity contribution in [1.29, 1.82) is 0 Å². The van der Waals surface area contributed by atoms with E-state index in [1.807, 2.05) is 24.3 Å². The molecule has 0 aliphatic heterocycles. The number of ether oxygens (including phenoxy) is 3. The van der Waals surface area contributed by atoms with E-state index in [0.29, 0.717) is 38.5 Å². The van der Waals surface area contributed by atoms with E-state index >= 15 is 0 Å². The zero-order valence-corrected chi connectivity index (χ0v) is 14.0. The maximum atomic E-state index is 12.0. The van der Waals surface area contributed by atoms with Gasteiger partial charge in [-0.25, -0.2) is 0 Å². The summed E-state index contributed by atoms with van der Waals surface area (Å²) in [5.41, 5.74) is 0. The molecule has 132 valence electrons.